The zero-order chi connectivity index (χ0) is 17.1. The van der Waals surface area contributed by atoms with Crippen LogP contribution >= 0.6 is 11.8 Å². The molecule has 8 nitrogen and oxygen atoms in total. The van der Waals surface area contributed by atoms with Crippen molar-refractivity contribution in [2.24, 2.45) is 0 Å². The van der Waals surface area contributed by atoms with E-state index < -0.39 is 0 Å². The Balaban J connectivity index is 1.24. The molecule has 0 unspecified atom stereocenters. The van der Waals surface area contributed by atoms with Gasteiger partial charge in [0.2, 0.25) is 17.9 Å². The van der Waals surface area contributed by atoms with Gasteiger partial charge in [0.25, 0.3) is 0 Å². The lowest BCUT2D eigenvalue weighted by atomic mass is 10.2. The molecule has 4 rings (SSSR count). The van der Waals surface area contributed by atoms with Crippen LogP contribution in [-0.4, -0.2) is 40.2 Å². The molecule has 0 radical (unpaired) electrons. The fourth-order valence-electron chi connectivity index (χ4n) is 2.69. The molecule has 1 fully saturated rings. The van der Waals surface area contributed by atoms with E-state index in [0.29, 0.717) is 17.5 Å². The first-order valence-electron chi connectivity index (χ1n) is 8.10. The van der Waals surface area contributed by atoms with Crippen LogP contribution in [0.2, 0.25) is 0 Å². The Morgan fingerprint density at radius 2 is 2.28 bits per heavy atom. The number of aromatic nitrogens is 3. The summed E-state index contributed by atoms with van der Waals surface area (Å²) >= 11 is 1.30. The molecule has 1 aromatic heterocycles. The number of benzene rings is 1. The number of carbonyl (C=O) groups excluding carboxylic acids is 1. The number of hydrogen-bond acceptors (Lipinski definition) is 7. The van der Waals surface area contributed by atoms with Crippen molar-refractivity contribution in [2.45, 2.75) is 30.6 Å². The average Bonchev–Trinajstić information content (AvgIpc) is 3.38. The van der Waals surface area contributed by atoms with Gasteiger partial charge in [-0.15, -0.1) is 5.10 Å². The van der Waals surface area contributed by atoms with Gasteiger partial charge in [0.15, 0.2) is 17.3 Å². The van der Waals surface area contributed by atoms with E-state index in [4.69, 9.17) is 14.2 Å². The van der Waals surface area contributed by atoms with Crippen LogP contribution in [-0.2, 0) is 16.1 Å². The number of thioether (sulfide) groups is 1. The summed E-state index contributed by atoms with van der Waals surface area (Å²) in [5.74, 6) is 2.36. The molecule has 0 spiro atoms. The zero-order valence-electron chi connectivity index (χ0n) is 13.5. The van der Waals surface area contributed by atoms with Gasteiger partial charge >= 0.3 is 0 Å². The van der Waals surface area contributed by atoms with Crippen LogP contribution < -0.4 is 14.8 Å². The molecule has 0 aliphatic carbocycles. The van der Waals surface area contributed by atoms with Crippen molar-refractivity contribution in [3.8, 4) is 11.5 Å². The molecule has 3 heterocycles. The topological polar surface area (TPSA) is 98.4 Å². The maximum Gasteiger partial charge on any atom is 0.231 e. The summed E-state index contributed by atoms with van der Waals surface area (Å²) in [6, 6.07) is 5.63. The van der Waals surface area contributed by atoms with Gasteiger partial charge in [-0.3, -0.25) is 9.89 Å². The highest BCUT2D eigenvalue weighted by atomic mass is 32.2. The first kappa shape index (κ1) is 16.2. The number of H-pyrrole nitrogens is 1. The van der Waals surface area contributed by atoms with E-state index in [1.807, 2.05) is 18.2 Å². The lowest BCUT2D eigenvalue weighted by Crippen LogP contribution is -2.24. The fourth-order valence-corrected chi connectivity index (χ4v) is 3.33. The van der Waals surface area contributed by atoms with Gasteiger partial charge in [-0.05, 0) is 30.5 Å². The SMILES string of the molecule is O=C(CSc1n[nH]c([C@@H]2CCCO2)n1)NCc1ccc2c(c1)OCO2. The molecule has 1 atom stereocenters. The standard InChI is InChI=1S/C16H18N4O4S/c21-14(17-7-10-3-4-11-13(6-10)24-9-23-11)8-25-16-18-15(19-20-16)12-2-1-5-22-12/h3-4,6,12H,1-2,5,7-9H2,(H,17,21)(H,18,19,20)/t12-/m0/s1. The molecule has 2 aliphatic heterocycles. The molecule has 1 amide bonds. The van der Waals surface area contributed by atoms with Crippen LogP contribution in [0.15, 0.2) is 23.4 Å². The smallest absolute Gasteiger partial charge is 0.231 e. The van der Waals surface area contributed by atoms with Crippen molar-refractivity contribution in [3.05, 3.63) is 29.6 Å². The van der Waals surface area contributed by atoms with E-state index in [0.717, 1.165) is 36.6 Å². The highest BCUT2D eigenvalue weighted by molar-refractivity contribution is 7.99. The second kappa shape index (κ2) is 7.32. The van der Waals surface area contributed by atoms with Crippen molar-refractivity contribution in [2.75, 3.05) is 19.2 Å². The number of ether oxygens (including phenoxy) is 3. The van der Waals surface area contributed by atoms with E-state index in [-0.39, 0.29) is 24.6 Å². The first-order valence-corrected chi connectivity index (χ1v) is 9.08. The van der Waals surface area contributed by atoms with Crippen LogP contribution in [0, 0.1) is 0 Å². The molecule has 0 saturated carbocycles. The van der Waals surface area contributed by atoms with Crippen molar-refractivity contribution >= 4 is 17.7 Å². The van der Waals surface area contributed by atoms with E-state index in [1.54, 1.807) is 0 Å². The third kappa shape index (κ3) is 3.88. The lowest BCUT2D eigenvalue weighted by Gasteiger charge is -2.05. The van der Waals surface area contributed by atoms with Crippen LogP contribution in [0.25, 0.3) is 0 Å². The minimum Gasteiger partial charge on any atom is -0.454 e. The minimum absolute atomic E-state index is 0.00156. The Bertz CT molecular complexity index is 760. The summed E-state index contributed by atoms with van der Waals surface area (Å²) in [7, 11) is 0. The Morgan fingerprint density at radius 1 is 1.36 bits per heavy atom. The van der Waals surface area contributed by atoms with Gasteiger partial charge in [-0.25, -0.2) is 4.98 Å². The largest absolute Gasteiger partial charge is 0.454 e. The third-order valence-corrected chi connectivity index (χ3v) is 4.82. The number of fused-ring (bicyclic) bond motifs is 1. The molecule has 2 N–H and O–H groups in total. The quantitative estimate of drug-likeness (QED) is 0.756. The molecule has 132 valence electrons. The van der Waals surface area contributed by atoms with Crippen LogP contribution in [0.1, 0.15) is 30.3 Å². The Hall–Kier alpha value is -2.26. The van der Waals surface area contributed by atoms with E-state index >= 15 is 0 Å². The maximum absolute atomic E-state index is 12.0. The number of hydrogen-bond donors (Lipinski definition) is 2. The number of nitrogens with one attached hydrogen (secondary N) is 2. The number of amides is 1. The third-order valence-electron chi connectivity index (χ3n) is 3.98. The maximum atomic E-state index is 12.0. The second-order valence-electron chi connectivity index (χ2n) is 5.76. The minimum atomic E-state index is -0.0777. The van der Waals surface area contributed by atoms with Crippen molar-refractivity contribution in [3.63, 3.8) is 0 Å². The number of nitrogens with zero attached hydrogens (tertiary/aromatic N) is 2. The monoisotopic (exact) mass is 362 g/mol. The fraction of sp³-hybridized carbons (Fsp3) is 0.438. The first-order chi connectivity index (χ1) is 12.3. The van der Waals surface area contributed by atoms with Crippen molar-refractivity contribution in [1.29, 1.82) is 0 Å². The normalized spacial score (nSPS) is 18.5. The Kier molecular flexibility index (Phi) is 4.75. The molecule has 1 saturated heterocycles. The molecule has 1 aromatic carbocycles. The van der Waals surface area contributed by atoms with Crippen LogP contribution in [0.5, 0.6) is 11.5 Å². The molecule has 0 bridgehead atoms. The second-order valence-corrected chi connectivity index (χ2v) is 6.70. The molecule has 9 heteroatoms. The summed E-state index contributed by atoms with van der Waals surface area (Å²) < 4.78 is 16.1. The molecule has 2 aliphatic rings. The lowest BCUT2D eigenvalue weighted by molar-refractivity contribution is -0.118. The van der Waals surface area contributed by atoms with E-state index in [2.05, 4.69) is 20.5 Å². The number of carbonyl (C=O) groups is 1. The van der Waals surface area contributed by atoms with E-state index in [1.165, 1.54) is 11.8 Å². The van der Waals surface area contributed by atoms with Gasteiger partial charge in [0.1, 0.15) is 6.10 Å². The summed E-state index contributed by atoms with van der Waals surface area (Å²) in [5.41, 5.74) is 0.959. The predicted molar refractivity (Wildman–Crippen MR) is 89.4 cm³/mol. The molecule has 25 heavy (non-hydrogen) atoms. The van der Waals surface area contributed by atoms with Gasteiger partial charge in [0, 0.05) is 13.2 Å². The highest BCUT2D eigenvalue weighted by Gasteiger charge is 2.21. The summed E-state index contributed by atoms with van der Waals surface area (Å²) in [4.78, 5) is 16.4. The van der Waals surface area contributed by atoms with Crippen LogP contribution in [0.4, 0.5) is 0 Å². The molecular formula is C16H18N4O4S. The number of rotatable bonds is 6. The highest BCUT2D eigenvalue weighted by Crippen LogP contribution is 2.32. The van der Waals surface area contributed by atoms with Crippen molar-refractivity contribution < 1.29 is 19.0 Å². The molecular weight excluding hydrogens is 344 g/mol. The summed E-state index contributed by atoms with van der Waals surface area (Å²) in [6.45, 7) is 1.44. The Morgan fingerprint density at radius 3 is 3.16 bits per heavy atom. The van der Waals surface area contributed by atoms with Gasteiger partial charge in [-0.2, -0.15) is 0 Å². The molecule has 2 aromatic rings. The average molecular weight is 362 g/mol. The zero-order valence-corrected chi connectivity index (χ0v) is 14.3. The van der Waals surface area contributed by atoms with Crippen LogP contribution in [0.3, 0.4) is 0 Å². The van der Waals surface area contributed by atoms with Gasteiger partial charge in [-0.1, -0.05) is 17.8 Å². The predicted octanol–water partition coefficient (Wildman–Crippen LogP) is 1.79. The van der Waals surface area contributed by atoms with E-state index in [9.17, 15) is 4.79 Å². The van der Waals surface area contributed by atoms with Gasteiger partial charge < -0.3 is 19.5 Å². The van der Waals surface area contributed by atoms with Crippen molar-refractivity contribution in [1.82, 2.24) is 20.5 Å². The summed E-state index contributed by atoms with van der Waals surface area (Å²) in [6.07, 6.45) is 1.99. The van der Waals surface area contributed by atoms with Gasteiger partial charge in [0.05, 0.1) is 5.75 Å². The number of aromatic amines is 1. The Labute approximate surface area is 148 Å². The summed E-state index contributed by atoms with van der Waals surface area (Å²) in [5, 5.41) is 10.5.